The third-order valence-electron chi connectivity index (χ3n) is 1.65. The second-order valence-electron chi connectivity index (χ2n) is 2.68. The van der Waals surface area contributed by atoms with Gasteiger partial charge in [0.15, 0.2) is 0 Å². The first kappa shape index (κ1) is 10.2. The lowest BCUT2D eigenvalue weighted by molar-refractivity contribution is -0.390. The second kappa shape index (κ2) is 4.07. The molecule has 0 aliphatic heterocycles. The minimum atomic E-state index is -0.525. The highest BCUT2D eigenvalue weighted by Crippen LogP contribution is 2.22. The summed E-state index contributed by atoms with van der Waals surface area (Å²) in [7, 11) is 0. The predicted molar refractivity (Wildman–Crippen MR) is 57.8 cm³/mol. The van der Waals surface area contributed by atoms with Gasteiger partial charge in [-0.05, 0) is 20.9 Å². The molecule has 2 aromatic rings. The van der Waals surface area contributed by atoms with E-state index in [1.807, 2.05) is 5.38 Å². The Kier molecular flexibility index (Phi) is 2.78. The van der Waals surface area contributed by atoms with E-state index < -0.39 is 4.92 Å². The van der Waals surface area contributed by atoms with Crippen LogP contribution in [-0.4, -0.2) is 19.7 Å². The van der Waals surface area contributed by atoms with Crippen LogP contribution in [0.3, 0.4) is 0 Å². The van der Waals surface area contributed by atoms with E-state index in [2.05, 4.69) is 26.0 Å². The zero-order chi connectivity index (χ0) is 10.8. The number of hydrogen-bond donors (Lipinski definition) is 0. The first-order valence-corrected chi connectivity index (χ1v) is 5.60. The van der Waals surface area contributed by atoms with Gasteiger partial charge in [0.25, 0.3) is 0 Å². The van der Waals surface area contributed by atoms with Gasteiger partial charge < -0.3 is 10.1 Å². The van der Waals surface area contributed by atoms with Crippen molar-refractivity contribution in [2.45, 2.75) is 6.54 Å². The first-order chi connectivity index (χ1) is 7.16. The predicted octanol–water partition coefficient (Wildman–Crippen LogP) is 2.06. The zero-order valence-electron chi connectivity index (χ0n) is 7.33. The standard InChI is InChI=1S/C7H5BrN4O2S/c8-5-3-11(10-7(5)12(13)14)4-6-9-1-2-15-6/h1-3H,4H2. The van der Waals surface area contributed by atoms with Gasteiger partial charge in [0.1, 0.15) is 16.0 Å². The number of halogens is 1. The number of nitrogens with zero attached hydrogens (tertiary/aromatic N) is 4. The average molecular weight is 289 g/mol. The molecule has 0 saturated heterocycles. The SMILES string of the molecule is O=[N+]([O-])c1nn(Cc2nccs2)cc1Br. The van der Waals surface area contributed by atoms with Crippen LogP contribution in [-0.2, 0) is 6.54 Å². The maximum absolute atomic E-state index is 10.5. The molecule has 0 bridgehead atoms. The molecular formula is C7H5BrN4O2S. The van der Waals surface area contributed by atoms with Gasteiger partial charge in [0, 0.05) is 11.6 Å². The summed E-state index contributed by atoms with van der Waals surface area (Å²) in [6.07, 6.45) is 3.26. The van der Waals surface area contributed by atoms with Crippen molar-refractivity contribution in [3.05, 3.63) is 37.4 Å². The monoisotopic (exact) mass is 288 g/mol. The molecule has 6 nitrogen and oxygen atoms in total. The Bertz CT molecular complexity index is 481. The van der Waals surface area contributed by atoms with E-state index in [9.17, 15) is 10.1 Å². The second-order valence-corrected chi connectivity index (χ2v) is 4.51. The van der Waals surface area contributed by atoms with Crippen LogP contribution >= 0.6 is 27.3 Å². The molecule has 0 unspecified atom stereocenters. The lowest BCUT2D eigenvalue weighted by Gasteiger charge is -1.90. The van der Waals surface area contributed by atoms with Crippen LogP contribution in [0.15, 0.2) is 22.2 Å². The van der Waals surface area contributed by atoms with Crippen molar-refractivity contribution < 1.29 is 4.92 Å². The summed E-state index contributed by atoms with van der Waals surface area (Å²) in [5.74, 6) is -0.174. The van der Waals surface area contributed by atoms with E-state index in [0.717, 1.165) is 5.01 Å². The molecule has 0 aliphatic carbocycles. The molecule has 2 rings (SSSR count). The molecule has 78 valence electrons. The molecule has 0 spiro atoms. The largest absolute Gasteiger partial charge is 0.404 e. The molecule has 0 radical (unpaired) electrons. The van der Waals surface area contributed by atoms with Crippen molar-refractivity contribution in [1.29, 1.82) is 0 Å². The summed E-state index contributed by atoms with van der Waals surface area (Å²) in [6.45, 7) is 0.449. The van der Waals surface area contributed by atoms with Crippen molar-refractivity contribution in [2.24, 2.45) is 0 Å². The normalized spacial score (nSPS) is 10.5. The summed E-state index contributed by atoms with van der Waals surface area (Å²) in [5.41, 5.74) is 0. The van der Waals surface area contributed by atoms with Crippen molar-refractivity contribution in [2.75, 3.05) is 0 Å². The first-order valence-electron chi connectivity index (χ1n) is 3.92. The molecule has 0 aromatic carbocycles. The Balaban J connectivity index is 2.23. The van der Waals surface area contributed by atoms with Crippen LogP contribution < -0.4 is 0 Å². The Morgan fingerprint density at radius 2 is 2.47 bits per heavy atom. The van der Waals surface area contributed by atoms with E-state index in [1.165, 1.54) is 16.0 Å². The molecule has 0 amide bonds. The van der Waals surface area contributed by atoms with Gasteiger partial charge in [-0.25, -0.2) is 4.98 Å². The van der Waals surface area contributed by atoms with Gasteiger partial charge in [-0.3, -0.25) is 0 Å². The van der Waals surface area contributed by atoms with Gasteiger partial charge in [-0.2, -0.15) is 4.68 Å². The van der Waals surface area contributed by atoms with Crippen LogP contribution in [0, 0.1) is 10.1 Å². The minimum Gasteiger partial charge on any atom is -0.358 e. The summed E-state index contributed by atoms with van der Waals surface area (Å²) in [5, 5.41) is 17.1. The van der Waals surface area contributed by atoms with Gasteiger partial charge in [0.2, 0.25) is 0 Å². The van der Waals surface area contributed by atoms with Gasteiger partial charge >= 0.3 is 5.82 Å². The molecular weight excluding hydrogens is 284 g/mol. The molecule has 0 fully saturated rings. The molecule has 0 N–H and O–H groups in total. The summed E-state index contributed by atoms with van der Waals surface area (Å²) < 4.78 is 1.87. The lowest BCUT2D eigenvalue weighted by atomic mass is 10.6. The van der Waals surface area contributed by atoms with Crippen LogP contribution in [0.2, 0.25) is 0 Å². The Morgan fingerprint density at radius 1 is 1.67 bits per heavy atom. The molecule has 2 heterocycles. The summed E-state index contributed by atoms with van der Waals surface area (Å²) in [4.78, 5) is 14.1. The van der Waals surface area contributed by atoms with Gasteiger partial charge in [0.05, 0.1) is 11.3 Å². The van der Waals surface area contributed by atoms with Crippen LogP contribution in [0.25, 0.3) is 0 Å². The number of aromatic nitrogens is 3. The Hall–Kier alpha value is -1.28. The van der Waals surface area contributed by atoms with Gasteiger partial charge in [-0.1, -0.05) is 0 Å². The van der Waals surface area contributed by atoms with E-state index >= 15 is 0 Å². The van der Waals surface area contributed by atoms with E-state index in [4.69, 9.17) is 0 Å². The Labute approximate surface area is 96.8 Å². The van der Waals surface area contributed by atoms with E-state index in [0.29, 0.717) is 11.0 Å². The molecule has 0 aliphatic rings. The van der Waals surface area contributed by atoms with E-state index in [-0.39, 0.29) is 5.82 Å². The molecule has 15 heavy (non-hydrogen) atoms. The maximum atomic E-state index is 10.5. The fourth-order valence-electron chi connectivity index (χ4n) is 1.06. The molecule has 2 aromatic heterocycles. The fraction of sp³-hybridized carbons (Fsp3) is 0.143. The highest BCUT2D eigenvalue weighted by Gasteiger charge is 2.18. The third kappa shape index (κ3) is 2.21. The van der Waals surface area contributed by atoms with Crippen molar-refractivity contribution in [3.63, 3.8) is 0 Å². The fourth-order valence-corrected chi connectivity index (χ4v) is 2.13. The van der Waals surface area contributed by atoms with Crippen LogP contribution in [0.4, 0.5) is 5.82 Å². The molecule has 0 atom stereocenters. The highest BCUT2D eigenvalue weighted by molar-refractivity contribution is 9.10. The summed E-state index contributed by atoms with van der Waals surface area (Å²) >= 11 is 4.56. The number of thiazole rings is 1. The summed E-state index contributed by atoms with van der Waals surface area (Å²) in [6, 6.07) is 0. The van der Waals surface area contributed by atoms with Crippen molar-refractivity contribution in [3.8, 4) is 0 Å². The zero-order valence-corrected chi connectivity index (χ0v) is 9.73. The van der Waals surface area contributed by atoms with Crippen molar-refractivity contribution in [1.82, 2.24) is 14.8 Å². The topological polar surface area (TPSA) is 73.8 Å². The minimum absolute atomic E-state index is 0.174. The maximum Gasteiger partial charge on any atom is 0.404 e. The van der Waals surface area contributed by atoms with Crippen LogP contribution in [0.5, 0.6) is 0 Å². The van der Waals surface area contributed by atoms with Gasteiger partial charge in [-0.15, -0.1) is 11.3 Å². The van der Waals surface area contributed by atoms with Crippen molar-refractivity contribution >= 4 is 33.1 Å². The molecule has 0 saturated carbocycles. The van der Waals surface area contributed by atoms with E-state index in [1.54, 1.807) is 12.4 Å². The highest BCUT2D eigenvalue weighted by atomic mass is 79.9. The molecule has 8 heteroatoms. The quantitative estimate of drug-likeness (QED) is 0.640. The smallest absolute Gasteiger partial charge is 0.358 e. The average Bonchev–Trinajstić information content (AvgIpc) is 2.75. The number of nitro groups is 1. The lowest BCUT2D eigenvalue weighted by Crippen LogP contribution is -2.00. The number of hydrogen-bond acceptors (Lipinski definition) is 5. The number of rotatable bonds is 3. The van der Waals surface area contributed by atoms with Crippen LogP contribution in [0.1, 0.15) is 5.01 Å². The third-order valence-corrected chi connectivity index (χ3v) is 2.98. The Morgan fingerprint density at radius 3 is 3.00 bits per heavy atom.